The zero-order valence-corrected chi connectivity index (χ0v) is 14.5. The third-order valence-electron chi connectivity index (χ3n) is 3.70. The lowest BCUT2D eigenvalue weighted by Gasteiger charge is -2.03. The van der Waals surface area contributed by atoms with E-state index in [1.165, 1.54) is 30.0 Å². The molecule has 8 nitrogen and oxygen atoms in total. The maximum Gasteiger partial charge on any atom is 0.277 e. The first-order chi connectivity index (χ1) is 12.5. The molecule has 0 radical (unpaired) electrons. The van der Waals surface area contributed by atoms with Crippen LogP contribution in [0.5, 0.6) is 0 Å². The first-order valence-corrected chi connectivity index (χ1v) is 8.53. The quantitative estimate of drug-likeness (QED) is 0.400. The number of aryl methyl sites for hydroxylation is 1. The second kappa shape index (κ2) is 7.36. The highest BCUT2D eigenvalue weighted by atomic mass is 32.2. The van der Waals surface area contributed by atoms with Crippen LogP contribution in [0.15, 0.2) is 52.1 Å². The van der Waals surface area contributed by atoms with Gasteiger partial charge in [0.2, 0.25) is 11.8 Å². The van der Waals surface area contributed by atoms with Gasteiger partial charge in [-0.25, -0.2) is 0 Å². The van der Waals surface area contributed by atoms with E-state index in [4.69, 9.17) is 10.2 Å². The second-order valence-electron chi connectivity index (χ2n) is 5.44. The fourth-order valence-corrected chi connectivity index (χ4v) is 3.10. The zero-order chi connectivity index (χ0) is 18.7. The Morgan fingerprint density at radius 3 is 2.73 bits per heavy atom. The van der Waals surface area contributed by atoms with Crippen molar-refractivity contribution < 1.29 is 14.1 Å². The highest BCUT2D eigenvalue weighted by molar-refractivity contribution is 7.98. The number of carbonyl (C=O) groups is 1. The van der Waals surface area contributed by atoms with Gasteiger partial charge in [-0.2, -0.15) is 0 Å². The van der Waals surface area contributed by atoms with E-state index in [0.717, 1.165) is 11.1 Å². The Morgan fingerprint density at radius 1 is 1.27 bits per heavy atom. The maximum atomic E-state index is 11.2. The second-order valence-corrected chi connectivity index (χ2v) is 6.37. The predicted molar refractivity (Wildman–Crippen MR) is 95.6 cm³/mol. The molecule has 0 spiro atoms. The third kappa shape index (κ3) is 3.72. The standard InChI is InChI=1S/C17H14N4O4S/c1-10-4-2-3-5-13(10)16-19-20-17(25-16)26-9-12-7-6-11(15(18)22)8-14(12)21(23)24/h2-8H,9H2,1H3,(H2,18,22). The number of nitrogens with zero attached hydrogens (tertiary/aromatic N) is 3. The molecule has 2 aromatic carbocycles. The maximum absolute atomic E-state index is 11.2. The fraction of sp³-hybridized carbons (Fsp3) is 0.118. The van der Waals surface area contributed by atoms with E-state index >= 15 is 0 Å². The Balaban J connectivity index is 1.79. The molecule has 0 fully saturated rings. The molecule has 0 unspecified atom stereocenters. The molecule has 132 valence electrons. The third-order valence-corrected chi connectivity index (χ3v) is 4.57. The van der Waals surface area contributed by atoms with Crippen molar-refractivity contribution in [3.8, 4) is 11.5 Å². The first-order valence-electron chi connectivity index (χ1n) is 7.55. The molecular formula is C17H14N4O4S. The summed E-state index contributed by atoms with van der Waals surface area (Å²) in [6.45, 7) is 1.94. The molecule has 0 atom stereocenters. The van der Waals surface area contributed by atoms with Crippen molar-refractivity contribution >= 4 is 23.4 Å². The van der Waals surface area contributed by atoms with Gasteiger partial charge in [0.05, 0.1) is 4.92 Å². The number of rotatable bonds is 6. The molecule has 0 bridgehead atoms. The summed E-state index contributed by atoms with van der Waals surface area (Å²) in [5.74, 6) is -0.0821. The summed E-state index contributed by atoms with van der Waals surface area (Å²) in [6, 6.07) is 11.7. The van der Waals surface area contributed by atoms with Gasteiger partial charge < -0.3 is 10.2 Å². The van der Waals surface area contributed by atoms with Crippen molar-refractivity contribution in [1.29, 1.82) is 0 Å². The number of amides is 1. The van der Waals surface area contributed by atoms with Crippen LogP contribution >= 0.6 is 11.8 Å². The highest BCUT2D eigenvalue weighted by Crippen LogP contribution is 2.30. The smallest absolute Gasteiger partial charge is 0.277 e. The largest absolute Gasteiger partial charge is 0.411 e. The zero-order valence-electron chi connectivity index (χ0n) is 13.7. The monoisotopic (exact) mass is 370 g/mol. The van der Waals surface area contributed by atoms with Gasteiger partial charge in [0.15, 0.2) is 0 Å². The van der Waals surface area contributed by atoms with E-state index in [1.54, 1.807) is 0 Å². The van der Waals surface area contributed by atoms with E-state index < -0.39 is 10.8 Å². The van der Waals surface area contributed by atoms with Crippen molar-refractivity contribution in [2.24, 2.45) is 5.73 Å². The molecule has 0 saturated heterocycles. The summed E-state index contributed by atoms with van der Waals surface area (Å²) in [5, 5.41) is 19.5. The molecule has 2 N–H and O–H groups in total. The molecule has 1 aromatic heterocycles. The Hall–Kier alpha value is -3.20. The van der Waals surface area contributed by atoms with Gasteiger partial charge in [0.25, 0.3) is 10.9 Å². The number of primary amides is 1. The van der Waals surface area contributed by atoms with Gasteiger partial charge in [0.1, 0.15) is 0 Å². The van der Waals surface area contributed by atoms with Crippen molar-refractivity contribution in [3.63, 3.8) is 0 Å². The molecule has 0 aliphatic rings. The lowest BCUT2D eigenvalue weighted by Crippen LogP contribution is -2.11. The van der Waals surface area contributed by atoms with E-state index in [0.29, 0.717) is 16.7 Å². The molecule has 1 heterocycles. The van der Waals surface area contributed by atoms with Gasteiger partial charge in [-0.3, -0.25) is 14.9 Å². The summed E-state index contributed by atoms with van der Waals surface area (Å²) in [7, 11) is 0. The van der Waals surface area contributed by atoms with Crippen LogP contribution in [0.4, 0.5) is 5.69 Å². The SMILES string of the molecule is Cc1ccccc1-c1nnc(SCc2ccc(C(N)=O)cc2[N+](=O)[O-])o1. The van der Waals surface area contributed by atoms with Crippen molar-refractivity contribution in [2.75, 3.05) is 0 Å². The summed E-state index contributed by atoms with van der Waals surface area (Å²) in [5.41, 5.74) is 7.36. The molecule has 9 heteroatoms. The molecule has 0 aliphatic carbocycles. The minimum Gasteiger partial charge on any atom is -0.411 e. The number of carbonyl (C=O) groups excluding carboxylic acids is 1. The lowest BCUT2D eigenvalue weighted by molar-refractivity contribution is -0.385. The number of aromatic nitrogens is 2. The van der Waals surface area contributed by atoms with E-state index in [1.807, 2.05) is 31.2 Å². The average molecular weight is 370 g/mol. The number of thioether (sulfide) groups is 1. The first kappa shape index (κ1) is 17.6. The highest BCUT2D eigenvalue weighted by Gasteiger charge is 2.18. The van der Waals surface area contributed by atoms with Crippen molar-refractivity contribution in [3.05, 3.63) is 69.3 Å². The Kier molecular flexibility index (Phi) is 4.99. The summed E-state index contributed by atoms with van der Waals surface area (Å²) in [6.07, 6.45) is 0. The molecule has 26 heavy (non-hydrogen) atoms. The Labute approximate surface area is 152 Å². The molecule has 0 aliphatic heterocycles. The van der Waals surface area contributed by atoms with Gasteiger partial charge in [-0.1, -0.05) is 36.0 Å². The van der Waals surface area contributed by atoms with Crippen LogP contribution in [0, 0.1) is 17.0 Å². The van der Waals surface area contributed by atoms with Crippen molar-refractivity contribution in [1.82, 2.24) is 10.2 Å². The molecule has 0 saturated carbocycles. The van der Waals surface area contributed by atoms with Gasteiger partial charge >= 0.3 is 0 Å². The minimum atomic E-state index is -0.716. The average Bonchev–Trinajstić information content (AvgIpc) is 3.08. The van der Waals surface area contributed by atoms with E-state index in [9.17, 15) is 14.9 Å². The Bertz CT molecular complexity index is 986. The van der Waals surface area contributed by atoms with Gasteiger partial charge in [0, 0.05) is 28.5 Å². The molecule has 3 aromatic rings. The van der Waals surface area contributed by atoms with Crippen LogP contribution in [0.25, 0.3) is 11.5 Å². The summed E-state index contributed by atoms with van der Waals surface area (Å²) in [4.78, 5) is 21.9. The van der Waals surface area contributed by atoms with E-state index in [-0.39, 0.29) is 17.0 Å². The van der Waals surface area contributed by atoms with Crippen molar-refractivity contribution in [2.45, 2.75) is 17.9 Å². The fourth-order valence-electron chi connectivity index (χ4n) is 2.34. The van der Waals surface area contributed by atoms with Crippen LogP contribution in [0.3, 0.4) is 0 Å². The van der Waals surface area contributed by atoms with Crippen LogP contribution in [-0.2, 0) is 5.75 Å². The molecule has 3 rings (SSSR count). The van der Waals surface area contributed by atoms with Crippen LogP contribution in [0.2, 0.25) is 0 Å². The van der Waals surface area contributed by atoms with E-state index in [2.05, 4.69) is 10.2 Å². The number of nitro benzene ring substituents is 1. The van der Waals surface area contributed by atoms with Crippen LogP contribution in [0.1, 0.15) is 21.5 Å². The van der Waals surface area contributed by atoms with Gasteiger partial charge in [-0.15, -0.1) is 10.2 Å². The van der Waals surface area contributed by atoms with Gasteiger partial charge in [-0.05, 0) is 24.6 Å². The number of benzene rings is 2. The summed E-state index contributed by atoms with van der Waals surface area (Å²) < 4.78 is 5.63. The lowest BCUT2D eigenvalue weighted by atomic mass is 10.1. The van der Waals surface area contributed by atoms with Crippen LogP contribution < -0.4 is 5.73 Å². The normalized spacial score (nSPS) is 10.7. The molecular weight excluding hydrogens is 356 g/mol. The number of hydrogen-bond donors (Lipinski definition) is 1. The summed E-state index contributed by atoms with van der Waals surface area (Å²) >= 11 is 1.18. The van der Waals surface area contributed by atoms with Crippen LogP contribution in [-0.4, -0.2) is 21.0 Å². The number of nitrogens with two attached hydrogens (primary N) is 1. The minimum absolute atomic E-state index is 0.0880. The topological polar surface area (TPSA) is 125 Å². The number of nitro groups is 1. The predicted octanol–water partition coefficient (Wildman–Crippen LogP) is 3.34. The number of hydrogen-bond acceptors (Lipinski definition) is 7. The molecule has 1 amide bonds. The Morgan fingerprint density at radius 2 is 2.04 bits per heavy atom.